The number of halogens is 1. The third-order valence-electron chi connectivity index (χ3n) is 2.28. The van der Waals surface area contributed by atoms with Gasteiger partial charge in [-0.05, 0) is 35.2 Å². The Hall–Kier alpha value is -1.64. The largest absolute Gasteiger partial charge is 0.288 e. The minimum absolute atomic E-state index is 0.0331. The number of thiophene rings is 1. The summed E-state index contributed by atoms with van der Waals surface area (Å²) in [6.07, 6.45) is 7.08. The quantitative estimate of drug-likeness (QED) is 0.442. The summed E-state index contributed by atoms with van der Waals surface area (Å²) in [6.45, 7) is 0. The van der Waals surface area contributed by atoms with E-state index in [1.165, 1.54) is 11.3 Å². The van der Waals surface area contributed by atoms with Crippen LogP contribution in [-0.2, 0) is 0 Å². The molecule has 0 unspecified atom stereocenters. The van der Waals surface area contributed by atoms with E-state index in [2.05, 4.69) is 0 Å². The molecule has 1 nitrogen and oxygen atoms in total. The fraction of sp³-hybridized carbons (Fsp3) is 0. The van der Waals surface area contributed by atoms with Crippen LogP contribution in [-0.4, -0.2) is 5.78 Å². The number of hydrogen-bond donors (Lipinski definition) is 0. The summed E-state index contributed by atoms with van der Waals surface area (Å²) in [5.74, 6) is 0.0331. The average molecular weight is 275 g/mol. The van der Waals surface area contributed by atoms with E-state index in [0.717, 1.165) is 15.5 Å². The van der Waals surface area contributed by atoms with Gasteiger partial charge < -0.3 is 0 Å². The smallest absolute Gasteiger partial charge is 0.195 e. The molecule has 3 heteroatoms. The summed E-state index contributed by atoms with van der Waals surface area (Å²) in [5.41, 5.74) is 1.05. The molecule has 0 saturated heterocycles. The molecule has 1 heterocycles. The molecule has 0 aliphatic carbocycles. The molecule has 0 aliphatic heterocycles. The molecule has 0 saturated carbocycles. The summed E-state index contributed by atoms with van der Waals surface area (Å²) < 4.78 is 0. The zero-order valence-corrected chi connectivity index (χ0v) is 11.1. The van der Waals surface area contributed by atoms with Crippen LogP contribution in [0.5, 0.6) is 0 Å². The Morgan fingerprint density at radius 2 is 1.89 bits per heavy atom. The maximum Gasteiger partial charge on any atom is 0.195 e. The van der Waals surface area contributed by atoms with E-state index < -0.39 is 0 Å². The van der Waals surface area contributed by atoms with Gasteiger partial charge in [0.25, 0.3) is 0 Å². The highest BCUT2D eigenvalue weighted by atomic mass is 35.5. The van der Waals surface area contributed by atoms with Crippen LogP contribution in [0.1, 0.15) is 15.2 Å². The normalized spacial score (nSPS) is 11.4. The van der Waals surface area contributed by atoms with Crippen molar-refractivity contribution in [2.75, 3.05) is 0 Å². The summed E-state index contributed by atoms with van der Waals surface area (Å²) in [5, 5.41) is 2.61. The number of rotatable bonds is 4. The van der Waals surface area contributed by atoms with Crippen molar-refractivity contribution in [1.82, 2.24) is 0 Å². The molecule has 0 spiro atoms. The van der Waals surface area contributed by atoms with Crippen LogP contribution in [0, 0.1) is 0 Å². The first kappa shape index (κ1) is 12.8. The Balaban J connectivity index is 1.95. The van der Waals surface area contributed by atoms with Crippen molar-refractivity contribution < 1.29 is 4.79 Å². The molecule has 0 bridgehead atoms. The maximum atomic E-state index is 11.6. The van der Waals surface area contributed by atoms with Crippen molar-refractivity contribution in [1.29, 1.82) is 0 Å². The second-order valence-electron chi connectivity index (χ2n) is 3.61. The topological polar surface area (TPSA) is 17.1 Å². The van der Waals surface area contributed by atoms with Gasteiger partial charge >= 0.3 is 0 Å². The third-order valence-corrected chi connectivity index (χ3v) is 3.42. The highest BCUT2D eigenvalue weighted by Crippen LogP contribution is 2.11. The Kier molecular flexibility index (Phi) is 4.51. The van der Waals surface area contributed by atoms with Crippen molar-refractivity contribution in [3.05, 3.63) is 75.5 Å². The van der Waals surface area contributed by atoms with E-state index in [-0.39, 0.29) is 5.78 Å². The SMILES string of the molecule is O=C(C=CC=Cc1ccc(Cl)cc1)c1cccs1. The van der Waals surface area contributed by atoms with Gasteiger partial charge in [-0.1, -0.05) is 48.0 Å². The highest BCUT2D eigenvalue weighted by Gasteiger charge is 1.99. The monoisotopic (exact) mass is 274 g/mol. The average Bonchev–Trinajstić information content (AvgIpc) is 2.90. The molecule has 1 aromatic heterocycles. The van der Waals surface area contributed by atoms with Gasteiger partial charge in [0.2, 0.25) is 0 Å². The maximum absolute atomic E-state index is 11.6. The fourth-order valence-electron chi connectivity index (χ4n) is 1.38. The predicted molar refractivity (Wildman–Crippen MR) is 78.3 cm³/mol. The number of hydrogen-bond acceptors (Lipinski definition) is 2. The lowest BCUT2D eigenvalue weighted by atomic mass is 10.2. The van der Waals surface area contributed by atoms with Gasteiger partial charge in [-0.15, -0.1) is 11.3 Å². The number of carbonyl (C=O) groups excluding carboxylic acids is 1. The molecule has 0 amide bonds. The zero-order chi connectivity index (χ0) is 12.8. The van der Waals surface area contributed by atoms with Gasteiger partial charge in [-0.3, -0.25) is 4.79 Å². The Labute approximate surface area is 115 Å². The second kappa shape index (κ2) is 6.34. The van der Waals surface area contributed by atoms with E-state index in [1.807, 2.05) is 53.9 Å². The van der Waals surface area contributed by atoms with Crippen LogP contribution in [0.15, 0.2) is 60.0 Å². The molecule has 0 atom stereocenters. The van der Waals surface area contributed by atoms with Crippen LogP contribution in [0.25, 0.3) is 6.08 Å². The minimum atomic E-state index is 0.0331. The third kappa shape index (κ3) is 3.69. The van der Waals surface area contributed by atoms with E-state index in [1.54, 1.807) is 12.2 Å². The van der Waals surface area contributed by atoms with Crippen molar-refractivity contribution in [3.63, 3.8) is 0 Å². The minimum Gasteiger partial charge on any atom is -0.288 e. The lowest BCUT2D eigenvalue weighted by Gasteiger charge is -1.91. The van der Waals surface area contributed by atoms with Gasteiger partial charge in [0, 0.05) is 5.02 Å². The van der Waals surface area contributed by atoms with Crippen LogP contribution in [0.4, 0.5) is 0 Å². The number of allylic oxidation sites excluding steroid dienone is 3. The Bertz CT molecular complexity index is 565. The van der Waals surface area contributed by atoms with E-state index >= 15 is 0 Å². The van der Waals surface area contributed by atoms with Gasteiger partial charge in [-0.25, -0.2) is 0 Å². The first-order valence-electron chi connectivity index (χ1n) is 5.44. The molecule has 0 fully saturated rings. The first-order valence-corrected chi connectivity index (χ1v) is 6.69. The van der Waals surface area contributed by atoms with Crippen molar-refractivity contribution in [2.24, 2.45) is 0 Å². The number of ketones is 1. The zero-order valence-electron chi connectivity index (χ0n) is 9.55. The number of carbonyl (C=O) groups is 1. The van der Waals surface area contributed by atoms with Crippen molar-refractivity contribution >= 4 is 34.8 Å². The second-order valence-corrected chi connectivity index (χ2v) is 5.00. The molecule has 0 N–H and O–H groups in total. The summed E-state index contributed by atoms with van der Waals surface area (Å²) >= 11 is 7.24. The van der Waals surface area contributed by atoms with Gasteiger partial charge in [-0.2, -0.15) is 0 Å². The molecular weight excluding hydrogens is 264 g/mol. The predicted octanol–water partition coefficient (Wildman–Crippen LogP) is 4.85. The Morgan fingerprint density at radius 1 is 1.11 bits per heavy atom. The Morgan fingerprint density at radius 3 is 2.56 bits per heavy atom. The lowest BCUT2D eigenvalue weighted by molar-refractivity contribution is 0.105. The van der Waals surface area contributed by atoms with Crippen LogP contribution in [0.2, 0.25) is 5.02 Å². The standard InChI is InChI=1S/C15H11ClOS/c16-13-9-7-12(8-10-13)4-1-2-5-14(17)15-6-3-11-18-15/h1-11H. The number of benzene rings is 1. The molecule has 2 rings (SSSR count). The van der Waals surface area contributed by atoms with Gasteiger partial charge in [0.05, 0.1) is 4.88 Å². The van der Waals surface area contributed by atoms with Gasteiger partial charge in [0.15, 0.2) is 5.78 Å². The van der Waals surface area contributed by atoms with Gasteiger partial charge in [0.1, 0.15) is 0 Å². The molecule has 1 aromatic carbocycles. The summed E-state index contributed by atoms with van der Waals surface area (Å²) in [4.78, 5) is 12.4. The van der Waals surface area contributed by atoms with Crippen molar-refractivity contribution in [3.8, 4) is 0 Å². The van der Waals surface area contributed by atoms with E-state index in [9.17, 15) is 4.79 Å². The molecule has 2 aromatic rings. The molecule has 18 heavy (non-hydrogen) atoms. The summed E-state index contributed by atoms with van der Waals surface area (Å²) in [6, 6.07) is 11.2. The van der Waals surface area contributed by atoms with Crippen LogP contribution >= 0.6 is 22.9 Å². The van der Waals surface area contributed by atoms with Crippen LogP contribution in [0.3, 0.4) is 0 Å². The van der Waals surface area contributed by atoms with E-state index in [4.69, 9.17) is 11.6 Å². The molecule has 90 valence electrons. The fourth-order valence-corrected chi connectivity index (χ4v) is 2.16. The first-order chi connectivity index (χ1) is 8.75. The lowest BCUT2D eigenvalue weighted by Crippen LogP contribution is -1.87. The van der Waals surface area contributed by atoms with Crippen LogP contribution < -0.4 is 0 Å². The van der Waals surface area contributed by atoms with Crippen molar-refractivity contribution in [2.45, 2.75) is 0 Å². The molecule has 0 radical (unpaired) electrons. The molecule has 0 aliphatic rings. The summed E-state index contributed by atoms with van der Waals surface area (Å²) in [7, 11) is 0. The van der Waals surface area contributed by atoms with E-state index in [0.29, 0.717) is 0 Å². The molecular formula is C15H11ClOS. The highest BCUT2D eigenvalue weighted by molar-refractivity contribution is 7.12.